The van der Waals surface area contributed by atoms with Crippen LogP contribution in [0, 0.1) is 6.92 Å². The van der Waals surface area contributed by atoms with Gasteiger partial charge in [-0.3, -0.25) is 9.59 Å². The molecule has 4 nitrogen and oxygen atoms in total. The molecule has 2 amide bonds. The third-order valence-electron chi connectivity index (χ3n) is 4.17. The Morgan fingerprint density at radius 1 is 1.04 bits per heavy atom. The molecule has 2 aromatic rings. The molecular formula is C18H20N2O2S. The summed E-state index contributed by atoms with van der Waals surface area (Å²) in [6.45, 7) is 1.98. The van der Waals surface area contributed by atoms with Gasteiger partial charge in [0.1, 0.15) is 5.00 Å². The molecule has 0 saturated heterocycles. The second-order valence-electron chi connectivity index (χ2n) is 5.81. The van der Waals surface area contributed by atoms with E-state index in [9.17, 15) is 9.59 Å². The Morgan fingerprint density at radius 3 is 2.43 bits per heavy atom. The number of benzene rings is 1. The van der Waals surface area contributed by atoms with Crippen molar-refractivity contribution >= 4 is 28.2 Å². The van der Waals surface area contributed by atoms with Gasteiger partial charge in [-0.1, -0.05) is 17.7 Å². The number of hydrogen-bond acceptors (Lipinski definition) is 3. The zero-order chi connectivity index (χ0) is 16.4. The highest BCUT2D eigenvalue weighted by Crippen LogP contribution is 2.38. The maximum Gasteiger partial charge on any atom is 0.256 e. The highest BCUT2D eigenvalue weighted by Gasteiger charge is 2.25. The van der Waals surface area contributed by atoms with Crippen molar-refractivity contribution in [2.75, 3.05) is 12.4 Å². The average Bonchev–Trinajstić information content (AvgIpc) is 2.92. The molecule has 1 aromatic heterocycles. The van der Waals surface area contributed by atoms with Gasteiger partial charge in [-0.05, 0) is 50.3 Å². The predicted molar refractivity (Wildman–Crippen MR) is 93.5 cm³/mol. The normalized spacial score (nSPS) is 13.3. The summed E-state index contributed by atoms with van der Waals surface area (Å²) in [6.07, 6.45) is 4.14. The molecular weight excluding hydrogens is 308 g/mol. The summed E-state index contributed by atoms with van der Waals surface area (Å²) in [6, 6.07) is 7.43. The van der Waals surface area contributed by atoms with Crippen LogP contribution in [0.3, 0.4) is 0 Å². The first-order valence-electron chi connectivity index (χ1n) is 7.84. The topological polar surface area (TPSA) is 58.2 Å². The van der Waals surface area contributed by atoms with Gasteiger partial charge in [0.2, 0.25) is 0 Å². The lowest BCUT2D eigenvalue weighted by Gasteiger charge is -2.12. The molecule has 120 valence electrons. The number of amides is 2. The van der Waals surface area contributed by atoms with Crippen LogP contribution in [0.1, 0.15) is 49.6 Å². The van der Waals surface area contributed by atoms with Crippen LogP contribution >= 0.6 is 11.3 Å². The van der Waals surface area contributed by atoms with Gasteiger partial charge in [-0.15, -0.1) is 11.3 Å². The van der Waals surface area contributed by atoms with Gasteiger partial charge < -0.3 is 10.6 Å². The molecule has 1 aromatic carbocycles. The number of hydrogen-bond donors (Lipinski definition) is 2. The van der Waals surface area contributed by atoms with Crippen molar-refractivity contribution in [3.8, 4) is 0 Å². The summed E-state index contributed by atoms with van der Waals surface area (Å²) in [7, 11) is 1.63. The molecule has 0 aliphatic heterocycles. The van der Waals surface area contributed by atoms with Crippen LogP contribution in [-0.4, -0.2) is 18.9 Å². The quantitative estimate of drug-likeness (QED) is 0.905. The molecule has 0 saturated carbocycles. The smallest absolute Gasteiger partial charge is 0.256 e. The molecule has 0 bridgehead atoms. The van der Waals surface area contributed by atoms with Gasteiger partial charge >= 0.3 is 0 Å². The van der Waals surface area contributed by atoms with Gasteiger partial charge in [-0.2, -0.15) is 0 Å². The monoisotopic (exact) mass is 328 g/mol. The minimum absolute atomic E-state index is 0.122. The van der Waals surface area contributed by atoms with Gasteiger partial charge in [0.05, 0.1) is 5.56 Å². The molecule has 1 heterocycles. The summed E-state index contributed by atoms with van der Waals surface area (Å²) >= 11 is 1.54. The Morgan fingerprint density at radius 2 is 1.74 bits per heavy atom. The second kappa shape index (κ2) is 6.54. The molecule has 23 heavy (non-hydrogen) atoms. The minimum atomic E-state index is -0.172. The van der Waals surface area contributed by atoms with Crippen LogP contribution < -0.4 is 10.6 Å². The lowest BCUT2D eigenvalue weighted by molar-refractivity contribution is 0.0963. The van der Waals surface area contributed by atoms with E-state index < -0.39 is 0 Å². The minimum Gasteiger partial charge on any atom is -0.355 e. The lowest BCUT2D eigenvalue weighted by Crippen LogP contribution is -2.22. The summed E-state index contributed by atoms with van der Waals surface area (Å²) in [5.74, 6) is -0.294. The first-order chi connectivity index (χ1) is 11.1. The Hall–Kier alpha value is -2.14. The fraction of sp³-hybridized carbons (Fsp3) is 0.333. The Balaban J connectivity index is 1.93. The number of thiophene rings is 1. The third-order valence-corrected chi connectivity index (χ3v) is 5.37. The third kappa shape index (κ3) is 3.15. The number of carbonyl (C=O) groups excluding carboxylic acids is 2. The van der Waals surface area contributed by atoms with Crippen molar-refractivity contribution in [2.45, 2.75) is 32.6 Å². The van der Waals surface area contributed by atoms with Crippen molar-refractivity contribution in [3.05, 3.63) is 51.4 Å². The Labute approximate surface area is 139 Å². The molecule has 2 N–H and O–H groups in total. The van der Waals surface area contributed by atoms with Gasteiger partial charge in [0.25, 0.3) is 11.8 Å². The van der Waals surface area contributed by atoms with Crippen molar-refractivity contribution < 1.29 is 9.59 Å². The molecule has 5 heteroatoms. The molecule has 0 fully saturated rings. The molecule has 0 unspecified atom stereocenters. The van der Waals surface area contributed by atoms with E-state index in [1.807, 2.05) is 19.1 Å². The summed E-state index contributed by atoms with van der Waals surface area (Å²) in [5.41, 5.74) is 3.47. The largest absolute Gasteiger partial charge is 0.355 e. The fourth-order valence-corrected chi connectivity index (χ4v) is 4.18. The van der Waals surface area contributed by atoms with Crippen LogP contribution in [0.5, 0.6) is 0 Å². The highest BCUT2D eigenvalue weighted by atomic mass is 32.1. The first kappa shape index (κ1) is 15.7. The zero-order valence-corrected chi connectivity index (χ0v) is 14.2. The highest BCUT2D eigenvalue weighted by molar-refractivity contribution is 7.17. The van der Waals surface area contributed by atoms with Gasteiger partial charge in [0, 0.05) is 17.5 Å². The standard InChI is InChI=1S/C18H20N2O2S/c1-11-7-9-12(10-8-11)16(21)20-18-15(17(22)19-2)13-5-3-4-6-14(13)23-18/h7-10H,3-6H2,1-2H3,(H,19,22)(H,20,21). The molecule has 0 atom stereocenters. The van der Waals surface area contributed by atoms with Gasteiger partial charge in [0.15, 0.2) is 0 Å². The number of fused-ring (bicyclic) bond motifs is 1. The zero-order valence-electron chi connectivity index (χ0n) is 13.4. The Bertz CT molecular complexity index is 747. The number of anilines is 1. The van der Waals surface area contributed by atoms with E-state index in [1.165, 1.54) is 16.2 Å². The van der Waals surface area contributed by atoms with E-state index in [0.717, 1.165) is 36.8 Å². The molecule has 3 rings (SSSR count). The van der Waals surface area contributed by atoms with E-state index in [0.29, 0.717) is 16.1 Å². The van der Waals surface area contributed by atoms with Crippen LogP contribution in [0.4, 0.5) is 5.00 Å². The lowest BCUT2D eigenvalue weighted by atomic mass is 9.95. The van der Waals surface area contributed by atoms with Crippen LogP contribution in [0.15, 0.2) is 24.3 Å². The second-order valence-corrected chi connectivity index (χ2v) is 6.92. The van der Waals surface area contributed by atoms with Gasteiger partial charge in [-0.25, -0.2) is 0 Å². The predicted octanol–water partition coefficient (Wildman–Crippen LogP) is 3.55. The number of nitrogens with one attached hydrogen (secondary N) is 2. The summed E-state index contributed by atoms with van der Waals surface area (Å²) in [5, 5.41) is 6.30. The van der Waals surface area contributed by atoms with E-state index in [1.54, 1.807) is 19.2 Å². The van der Waals surface area contributed by atoms with E-state index >= 15 is 0 Å². The van der Waals surface area contributed by atoms with Crippen LogP contribution in [0.25, 0.3) is 0 Å². The SMILES string of the molecule is CNC(=O)c1c(NC(=O)c2ccc(C)cc2)sc2c1CCCC2. The fourth-order valence-electron chi connectivity index (χ4n) is 2.90. The summed E-state index contributed by atoms with van der Waals surface area (Å²) in [4.78, 5) is 26.0. The molecule has 1 aliphatic rings. The van der Waals surface area contributed by atoms with Crippen molar-refractivity contribution in [3.63, 3.8) is 0 Å². The molecule has 0 spiro atoms. The maximum atomic E-state index is 12.5. The summed E-state index contributed by atoms with van der Waals surface area (Å²) < 4.78 is 0. The van der Waals surface area contributed by atoms with E-state index in [-0.39, 0.29) is 11.8 Å². The Kier molecular flexibility index (Phi) is 4.48. The average molecular weight is 328 g/mol. The van der Waals surface area contributed by atoms with E-state index in [4.69, 9.17) is 0 Å². The number of rotatable bonds is 3. The maximum absolute atomic E-state index is 12.5. The molecule has 1 aliphatic carbocycles. The van der Waals surface area contributed by atoms with E-state index in [2.05, 4.69) is 10.6 Å². The number of aryl methyl sites for hydroxylation is 2. The molecule has 0 radical (unpaired) electrons. The van der Waals surface area contributed by atoms with Crippen LogP contribution in [-0.2, 0) is 12.8 Å². The van der Waals surface area contributed by atoms with Crippen molar-refractivity contribution in [1.82, 2.24) is 5.32 Å². The van der Waals surface area contributed by atoms with Crippen LogP contribution in [0.2, 0.25) is 0 Å². The first-order valence-corrected chi connectivity index (χ1v) is 8.66. The van der Waals surface area contributed by atoms with Crippen molar-refractivity contribution in [1.29, 1.82) is 0 Å². The van der Waals surface area contributed by atoms with Crippen molar-refractivity contribution in [2.24, 2.45) is 0 Å². The number of carbonyl (C=O) groups is 2.